The van der Waals surface area contributed by atoms with Gasteiger partial charge in [-0.05, 0) is 30.7 Å². The number of nitrogens with zero attached hydrogens (tertiary/aromatic N) is 1. The van der Waals surface area contributed by atoms with Gasteiger partial charge in [0.15, 0.2) is 0 Å². The van der Waals surface area contributed by atoms with Crippen molar-refractivity contribution in [3.63, 3.8) is 0 Å². The number of hydrogen-bond acceptors (Lipinski definition) is 3. The van der Waals surface area contributed by atoms with Crippen LogP contribution in [-0.4, -0.2) is 47.3 Å². The molecule has 1 saturated heterocycles. The van der Waals surface area contributed by atoms with Crippen LogP contribution in [0.5, 0.6) is 0 Å². The molecule has 4 nitrogen and oxygen atoms in total. The minimum atomic E-state index is -4.36. The summed E-state index contributed by atoms with van der Waals surface area (Å²) in [5.41, 5.74) is -0.143. The Labute approximate surface area is 170 Å². The number of benzene rings is 1. The van der Waals surface area contributed by atoms with Crippen molar-refractivity contribution < 1.29 is 23.1 Å². The van der Waals surface area contributed by atoms with E-state index < -0.39 is 24.4 Å². The van der Waals surface area contributed by atoms with Crippen molar-refractivity contribution >= 4 is 5.91 Å². The summed E-state index contributed by atoms with van der Waals surface area (Å²) in [6.45, 7) is 2.68. The zero-order valence-corrected chi connectivity index (χ0v) is 17.1. The lowest BCUT2D eigenvalue weighted by Gasteiger charge is -2.53. The van der Waals surface area contributed by atoms with Crippen LogP contribution in [0.25, 0.3) is 0 Å². The van der Waals surface area contributed by atoms with E-state index in [4.69, 9.17) is 0 Å². The molecule has 1 amide bonds. The number of carbonyl (C=O) groups is 1. The minimum absolute atomic E-state index is 0.105. The molecular formula is C22H31F3N2O2. The molecule has 2 aliphatic rings. The van der Waals surface area contributed by atoms with Gasteiger partial charge in [-0.1, -0.05) is 57.0 Å². The maximum absolute atomic E-state index is 13.3. The van der Waals surface area contributed by atoms with Gasteiger partial charge in [-0.15, -0.1) is 0 Å². The number of aliphatic hydroxyl groups is 1. The molecule has 1 aromatic rings. The molecule has 0 spiro atoms. The number of likely N-dealkylation sites (tertiary alicyclic amines) is 1. The van der Waals surface area contributed by atoms with Gasteiger partial charge in [-0.25, -0.2) is 0 Å². The van der Waals surface area contributed by atoms with Crippen molar-refractivity contribution in [2.45, 2.75) is 69.8 Å². The highest BCUT2D eigenvalue weighted by molar-refractivity contribution is 5.82. The van der Waals surface area contributed by atoms with Crippen LogP contribution in [0, 0.1) is 11.8 Å². The van der Waals surface area contributed by atoms with Crippen LogP contribution in [-0.2, 0) is 10.4 Å². The summed E-state index contributed by atoms with van der Waals surface area (Å²) >= 11 is 0. The van der Waals surface area contributed by atoms with E-state index in [1.807, 2.05) is 30.3 Å². The van der Waals surface area contributed by atoms with Crippen molar-refractivity contribution in [1.29, 1.82) is 0 Å². The summed E-state index contributed by atoms with van der Waals surface area (Å²) in [4.78, 5) is 15.0. The van der Waals surface area contributed by atoms with E-state index >= 15 is 0 Å². The maximum Gasteiger partial charge on any atom is 0.401 e. The van der Waals surface area contributed by atoms with Crippen molar-refractivity contribution in [2.75, 3.05) is 13.1 Å². The Hall–Kier alpha value is -1.60. The largest absolute Gasteiger partial charge is 0.401 e. The third-order valence-electron chi connectivity index (χ3n) is 6.49. The average Bonchev–Trinajstić information content (AvgIpc) is 2.68. The Kier molecular flexibility index (Phi) is 6.58. The third kappa shape index (κ3) is 4.77. The second kappa shape index (κ2) is 8.64. The van der Waals surface area contributed by atoms with Gasteiger partial charge in [0, 0.05) is 18.5 Å². The Morgan fingerprint density at radius 1 is 1.24 bits per heavy atom. The lowest BCUT2D eigenvalue weighted by molar-refractivity contribution is -0.159. The summed E-state index contributed by atoms with van der Waals surface area (Å²) < 4.78 is 38.2. The topological polar surface area (TPSA) is 52.6 Å². The summed E-state index contributed by atoms with van der Waals surface area (Å²) in [6, 6.07) is 8.52. The molecule has 1 heterocycles. The van der Waals surface area contributed by atoms with Gasteiger partial charge in [-0.3, -0.25) is 10.1 Å². The monoisotopic (exact) mass is 412 g/mol. The summed E-state index contributed by atoms with van der Waals surface area (Å²) in [5.74, 6) is -0.648. The fourth-order valence-corrected chi connectivity index (χ4v) is 5.05. The predicted octanol–water partition coefficient (Wildman–Crippen LogP) is 3.84. The number of halogens is 3. The van der Waals surface area contributed by atoms with Crippen LogP contribution < -0.4 is 5.32 Å². The van der Waals surface area contributed by atoms with Gasteiger partial charge in [0.05, 0.1) is 18.2 Å². The molecule has 2 N–H and O–H groups in total. The average molecular weight is 412 g/mol. The highest BCUT2D eigenvalue weighted by atomic mass is 19.4. The Morgan fingerprint density at radius 2 is 1.90 bits per heavy atom. The maximum atomic E-state index is 13.3. The number of hydrogen-bond donors (Lipinski definition) is 2. The van der Waals surface area contributed by atoms with Gasteiger partial charge in [0.1, 0.15) is 0 Å². The van der Waals surface area contributed by atoms with E-state index in [1.165, 1.54) is 0 Å². The highest BCUT2D eigenvalue weighted by Crippen LogP contribution is 2.47. The number of rotatable bonds is 5. The van der Waals surface area contributed by atoms with Crippen LogP contribution in [0.4, 0.5) is 13.2 Å². The first-order valence-corrected chi connectivity index (χ1v) is 10.5. The number of carbonyl (C=O) groups excluding carboxylic acids is 1. The number of amides is 1. The Morgan fingerprint density at radius 3 is 2.52 bits per heavy atom. The van der Waals surface area contributed by atoms with Crippen LogP contribution in [0.3, 0.4) is 0 Å². The molecule has 1 aromatic carbocycles. The van der Waals surface area contributed by atoms with Gasteiger partial charge >= 0.3 is 6.18 Å². The number of alkyl halides is 3. The zero-order valence-electron chi connectivity index (χ0n) is 17.1. The summed E-state index contributed by atoms with van der Waals surface area (Å²) in [5, 5.41) is 14.0. The second-order valence-corrected chi connectivity index (χ2v) is 8.75. The molecule has 0 bridgehead atoms. The minimum Gasteiger partial charge on any atom is -0.385 e. The van der Waals surface area contributed by atoms with E-state index in [1.54, 1.807) is 18.7 Å². The number of nitrogens with one attached hydrogen (secondary N) is 1. The molecular weight excluding hydrogens is 381 g/mol. The van der Waals surface area contributed by atoms with Crippen molar-refractivity contribution in [3.05, 3.63) is 35.9 Å². The molecule has 1 aliphatic carbocycles. The van der Waals surface area contributed by atoms with Gasteiger partial charge in [0.25, 0.3) is 0 Å². The summed E-state index contributed by atoms with van der Waals surface area (Å²) in [7, 11) is 0. The van der Waals surface area contributed by atoms with Gasteiger partial charge < -0.3 is 10.0 Å². The van der Waals surface area contributed by atoms with E-state index in [-0.39, 0.29) is 23.8 Å². The summed E-state index contributed by atoms with van der Waals surface area (Å²) in [6.07, 6.45) is -0.446. The van der Waals surface area contributed by atoms with E-state index in [2.05, 4.69) is 5.32 Å². The molecule has 1 aliphatic heterocycles. The molecule has 0 radical (unpaired) electrons. The van der Waals surface area contributed by atoms with Crippen molar-refractivity contribution in [1.82, 2.24) is 10.2 Å². The van der Waals surface area contributed by atoms with Crippen LogP contribution in [0.15, 0.2) is 30.3 Å². The van der Waals surface area contributed by atoms with Gasteiger partial charge in [-0.2, -0.15) is 13.2 Å². The second-order valence-electron chi connectivity index (χ2n) is 8.75. The third-order valence-corrected chi connectivity index (χ3v) is 6.49. The first-order chi connectivity index (χ1) is 13.6. The Bertz CT molecular complexity index is 695. The van der Waals surface area contributed by atoms with Crippen LogP contribution in [0.2, 0.25) is 0 Å². The van der Waals surface area contributed by atoms with E-state index in [0.29, 0.717) is 13.0 Å². The fourth-order valence-electron chi connectivity index (χ4n) is 5.05. The molecule has 1 saturated carbocycles. The predicted molar refractivity (Wildman–Crippen MR) is 105 cm³/mol. The quantitative estimate of drug-likeness (QED) is 0.773. The highest BCUT2D eigenvalue weighted by Gasteiger charge is 2.51. The Balaban J connectivity index is 1.83. The first kappa shape index (κ1) is 22.1. The van der Waals surface area contributed by atoms with Crippen LogP contribution >= 0.6 is 0 Å². The molecule has 29 heavy (non-hydrogen) atoms. The normalized spacial score (nSPS) is 28.9. The fraction of sp³-hybridized carbons (Fsp3) is 0.682. The number of piperidine rings is 1. The molecule has 0 unspecified atom stereocenters. The smallest absolute Gasteiger partial charge is 0.385 e. The molecule has 7 heteroatoms. The zero-order chi connectivity index (χ0) is 21.2. The number of fused-ring (bicyclic) bond motifs is 1. The molecule has 162 valence electrons. The molecule has 2 fully saturated rings. The first-order valence-electron chi connectivity index (χ1n) is 10.5. The molecule has 0 aromatic heterocycles. The van der Waals surface area contributed by atoms with Crippen molar-refractivity contribution in [3.8, 4) is 0 Å². The van der Waals surface area contributed by atoms with Gasteiger partial charge in [0.2, 0.25) is 5.91 Å². The SMILES string of the molecule is CC(C)[C@H](NCC(F)(F)F)C(=O)N1CC[C@](O)(c2ccccc2)[C@H]2CCCC[C@H]21. The molecule has 4 atom stereocenters. The van der Waals surface area contributed by atoms with E-state index in [9.17, 15) is 23.1 Å². The lowest BCUT2D eigenvalue weighted by Crippen LogP contribution is -2.62. The standard InChI is InChI=1S/C22H31F3N2O2/c1-15(2)19(26-14-22(23,24)25)20(28)27-13-12-21(29,16-8-4-3-5-9-16)17-10-6-7-11-18(17)27/h3-5,8-9,15,17-19,26,29H,6-7,10-14H2,1-2H3/t17-,18+,19-,21-/m0/s1. The van der Waals surface area contributed by atoms with Crippen molar-refractivity contribution in [2.24, 2.45) is 11.8 Å². The molecule has 3 rings (SSSR count). The van der Waals surface area contributed by atoms with Crippen LogP contribution in [0.1, 0.15) is 51.5 Å². The lowest BCUT2D eigenvalue weighted by atomic mass is 9.66. The van der Waals surface area contributed by atoms with E-state index in [0.717, 1.165) is 31.2 Å².